The minimum absolute atomic E-state index is 0.0778. The van der Waals surface area contributed by atoms with Gasteiger partial charge in [-0.05, 0) is 20.9 Å². The summed E-state index contributed by atoms with van der Waals surface area (Å²) in [5, 5.41) is 10.9. The average molecular weight is 293 g/mol. The molecule has 7 heteroatoms. The summed E-state index contributed by atoms with van der Waals surface area (Å²) in [5.74, 6) is -0.0778. The van der Waals surface area contributed by atoms with Gasteiger partial charge in [-0.2, -0.15) is 5.10 Å². The zero-order chi connectivity index (χ0) is 14.7. The maximum absolute atomic E-state index is 12.2. The van der Waals surface area contributed by atoms with Gasteiger partial charge in [-0.15, -0.1) is 11.3 Å². The largest absolute Gasteiger partial charge is 0.348 e. The first kappa shape index (κ1) is 14.7. The summed E-state index contributed by atoms with van der Waals surface area (Å²) in [6, 6.07) is -0.397. The maximum Gasteiger partial charge on any atom is 0.242 e. The molecule has 6 nitrogen and oxygen atoms in total. The van der Waals surface area contributed by atoms with Gasteiger partial charge in [-0.25, -0.2) is 4.98 Å². The van der Waals surface area contributed by atoms with Gasteiger partial charge in [-0.3, -0.25) is 9.48 Å². The molecule has 20 heavy (non-hydrogen) atoms. The van der Waals surface area contributed by atoms with Crippen molar-refractivity contribution in [2.45, 2.75) is 26.4 Å². The molecule has 0 saturated carbocycles. The molecule has 1 amide bonds. The van der Waals surface area contributed by atoms with Crippen molar-refractivity contribution < 1.29 is 4.79 Å². The molecule has 2 aromatic rings. The first-order valence-corrected chi connectivity index (χ1v) is 7.19. The van der Waals surface area contributed by atoms with Gasteiger partial charge in [0.15, 0.2) is 0 Å². The molecule has 108 valence electrons. The fourth-order valence-corrected chi connectivity index (χ4v) is 2.79. The Morgan fingerprint density at radius 1 is 1.50 bits per heavy atom. The Bertz CT molecular complexity index is 584. The molecular formula is C13H19N5OS. The van der Waals surface area contributed by atoms with Crippen LogP contribution in [0.4, 0.5) is 0 Å². The molecule has 2 heterocycles. The van der Waals surface area contributed by atoms with E-state index in [1.165, 1.54) is 4.88 Å². The smallest absolute Gasteiger partial charge is 0.242 e. The number of carbonyl (C=O) groups excluding carboxylic acids is 1. The summed E-state index contributed by atoms with van der Waals surface area (Å²) in [4.78, 5) is 17.8. The fraction of sp³-hybridized carbons (Fsp3) is 0.462. The first-order chi connectivity index (χ1) is 9.51. The zero-order valence-electron chi connectivity index (χ0n) is 12.1. The van der Waals surface area contributed by atoms with Crippen molar-refractivity contribution in [3.63, 3.8) is 0 Å². The van der Waals surface area contributed by atoms with Gasteiger partial charge in [0, 0.05) is 23.7 Å². The van der Waals surface area contributed by atoms with Crippen molar-refractivity contribution in [3.8, 4) is 0 Å². The lowest BCUT2D eigenvalue weighted by Gasteiger charge is -2.13. The molecule has 0 fully saturated rings. The second-order valence-electron chi connectivity index (χ2n) is 4.64. The van der Waals surface area contributed by atoms with Crippen molar-refractivity contribution in [2.75, 3.05) is 7.05 Å². The molecule has 0 aromatic carbocycles. The van der Waals surface area contributed by atoms with Crippen molar-refractivity contribution in [1.29, 1.82) is 0 Å². The minimum atomic E-state index is -0.397. The van der Waals surface area contributed by atoms with Gasteiger partial charge in [-0.1, -0.05) is 0 Å². The third kappa shape index (κ3) is 3.23. The molecular weight excluding hydrogens is 274 g/mol. The molecule has 2 rings (SSSR count). The first-order valence-electron chi connectivity index (χ1n) is 6.37. The van der Waals surface area contributed by atoms with Crippen LogP contribution in [0.1, 0.15) is 27.2 Å². The van der Waals surface area contributed by atoms with Crippen LogP contribution in [0.15, 0.2) is 12.4 Å². The van der Waals surface area contributed by atoms with Crippen molar-refractivity contribution in [1.82, 2.24) is 25.4 Å². The predicted octanol–water partition coefficient (Wildman–Crippen LogP) is 1.07. The third-order valence-corrected chi connectivity index (χ3v) is 4.17. The summed E-state index contributed by atoms with van der Waals surface area (Å²) < 4.78 is 1.68. The van der Waals surface area contributed by atoms with Crippen molar-refractivity contribution >= 4 is 17.2 Å². The molecule has 0 spiro atoms. The standard InChI is InChI=1S/C13H19N5OS/c1-8-9(2)20-11(17-8)6-15-13(19)12(14-3)10-5-16-18(4)7-10/h5,7,12,14H,6H2,1-4H3,(H,15,19). The lowest BCUT2D eigenvalue weighted by molar-refractivity contribution is -0.123. The number of aromatic nitrogens is 3. The van der Waals surface area contributed by atoms with E-state index in [2.05, 4.69) is 20.7 Å². The van der Waals surface area contributed by atoms with Crippen molar-refractivity contribution in [2.24, 2.45) is 7.05 Å². The van der Waals surface area contributed by atoms with Gasteiger partial charge in [0.05, 0.1) is 18.4 Å². The van der Waals surface area contributed by atoms with Gasteiger partial charge in [0.2, 0.25) is 5.91 Å². The number of rotatable bonds is 5. The Labute approximate surface area is 122 Å². The van der Waals surface area contributed by atoms with Crippen LogP contribution in [-0.2, 0) is 18.4 Å². The van der Waals surface area contributed by atoms with Crippen LogP contribution in [0.2, 0.25) is 0 Å². The van der Waals surface area contributed by atoms with E-state index < -0.39 is 6.04 Å². The van der Waals surface area contributed by atoms with E-state index in [9.17, 15) is 4.79 Å². The lowest BCUT2D eigenvalue weighted by Crippen LogP contribution is -2.35. The highest BCUT2D eigenvalue weighted by molar-refractivity contribution is 7.11. The summed E-state index contributed by atoms with van der Waals surface area (Å²) >= 11 is 1.61. The number of hydrogen-bond acceptors (Lipinski definition) is 5. The monoisotopic (exact) mass is 293 g/mol. The molecule has 0 aliphatic rings. The van der Waals surface area contributed by atoms with Gasteiger partial charge in [0.25, 0.3) is 0 Å². The second-order valence-corrected chi connectivity index (χ2v) is 5.92. The van der Waals surface area contributed by atoms with E-state index in [1.54, 1.807) is 29.3 Å². The quantitative estimate of drug-likeness (QED) is 0.865. The molecule has 0 radical (unpaired) electrons. The number of likely N-dealkylation sites (N-methyl/N-ethyl adjacent to an activating group) is 1. The van der Waals surface area contributed by atoms with Gasteiger partial charge in [0.1, 0.15) is 11.0 Å². The number of thiazole rings is 1. The molecule has 0 aliphatic heterocycles. The lowest BCUT2D eigenvalue weighted by atomic mass is 10.1. The van der Waals surface area contributed by atoms with Crippen LogP contribution in [0.25, 0.3) is 0 Å². The number of nitrogens with zero attached hydrogens (tertiary/aromatic N) is 3. The highest BCUT2D eigenvalue weighted by Gasteiger charge is 2.20. The molecule has 2 aromatic heterocycles. The summed E-state index contributed by atoms with van der Waals surface area (Å²) in [7, 11) is 3.59. The van der Waals surface area contributed by atoms with Crippen LogP contribution in [0.3, 0.4) is 0 Å². The average Bonchev–Trinajstić information content (AvgIpc) is 2.95. The van der Waals surface area contributed by atoms with Crippen LogP contribution in [-0.4, -0.2) is 27.7 Å². The Morgan fingerprint density at radius 2 is 2.25 bits per heavy atom. The van der Waals surface area contributed by atoms with E-state index in [1.807, 2.05) is 27.1 Å². The Kier molecular flexibility index (Phi) is 4.51. The Morgan fingerprint density at radius 3 is 2.75 bits per heavy atom. The third-order valence-electron chi connectivity index (χ3n) is 3.10. The molecule has 2 N–H and O–H groups in total. The van der Waals surface area contributed by atoms with Crippen LogP contribution in [0, 0.1) is 13.8 Å². The van der Waals surface area contributed by atoms with Gasteiger partial charge < -0.3 is 10.6 Å². The summed E-state index contributed by atoms with van der Waals surface area (Å²) in [6.07, 6.45) is 3.52. The van der Waals surface area contributed by atoms with Crippen LogP contribution >= 0.6 is 11.3 Å². The number of carbonyl (C=O) groups is 1. The predicted molar refractivity (Wildman–Crippen MR) is 78.4 cm³/mol. The summed E-state index contributed by atoms with van der Waals surface area (Å²) in [6.45, 7) is 4.46. The van der Waals surface area contributed by atoms with E-state index >= 15 is 0 Å². The van der Waals surface area contributed by atoms with E-state index in [4.69, 9.17) is 0 Å². The number of hydrogen-bond donors (Lipinski definition) is 2. The Hall–Kier alpha value is -1.73. The molecule has 0 aliphatic carbocycles. The second kappa shape index (κ2) is 6.15. The SMILES string of the molecule is CNC(C(=O)NCc1nc(C)c(C)s1)c1cnn(C)c1. The van der Waals surface area contributed by atoms with Crippen molar-refractivity contribution in [3.05, 3.63) is 33.5 Å². The number of nitrogens with one attached hydrogen (secondary N) is 2. The normalized spacial score (nSPS) is 12.4. The zero-order valence-corrected chi connectivity index (χ0v) is 12.9. The molecule has 0 bridgehead atoms. The summed E-state index contributed by atoms with van der Waals surface area (Å²) in [5.41, 5.74) is 1.87. The number of amides is 1. The van der Waals surface area contributed by atoms with Crippen LogP contribution in [0.5, 0.6) is 0 Å². The topological polar surface area (TPSA) is 71.8 Å². The molecule has 0 saturated heterocycles. The van der Waals surface area contributed by atoms with E-state index in [-0.39, 0.29) is 5.91 Å². The van der Waals surface area contributed by atoms with E-state index in [0.717, 1.165) is 16.3 Å². The minimum Gasteiger partial charge on any atom is -0.348 e. The van der Waals surface area contributed by atoms with Crippen LogP contribution < -0.4 is 10.6 Å². The highest BCUT2D eigenvalue weighted by Crippen LogP contribution is 2.17. The van der Waals surface area contributed by atoms with E-state index in [0.29, 0.717) is 6.54 Å². The molecule has 1 atom stereocenters. The maximum atomic E-state index is 12.2. The number of aryl methyl sites for hydroxylation is 3. The van der Waals surface area contributed by atoms with Gasteiger partial charge >= 0.3 is 0 Å². The Balaban J connectivity index is 1.99. The fourth-order valence-electron chi connectivity index (χ4n) is 1.92. The molecule has 1 unspecified atom stereocenters. The highest BCUT2D eigenvalue weighted by atomic mass is 32.1.